The van der Waals surface area contributed by atoms with E-state index >= 15 is 0 Å². The van der Waals surface area contributed by atoms with Gasteiger partial charge in [0.1, 0.15) is 18.3 Å². The van der Waals surface area contributed by atoms with Crippen LogP contribution >= 0.6 is 7.60 Å². The molecule has 4 aromatic carbocycles. The maximum absolute atomic E-state index is 14.0. The average molecular weight is 647 g/mol. The Hall–Kier alpha value is -3.43. The van der Waals surface area contributed by atoms with Crippen LogP contribution in [-0.2, 0) is 54.3 Å². The maximum atomic E-state index is 14.0. The van der Waals surface area contributed by atoms with Crippen molar-refractivity contribution >= 4 is 7.60 Å². The first-order valence-electron chi connectivity index (χ1n) is 15.3. The van der Waals surface area contributed by atoms with Crippen LogP contribution in [0.1, 0.15) is 22.3 Å². The van der Waals surface area contributed by atoms with Crippen LogP contribution in [-0.4, -0.2) is 54.0 Å². The minimum absolute atomic E-state index is 0.0153. The SMILES string of the molecule is C=CCOP(=O)(C[C@H](O)[C@@H](OCc1ccccc1)[C@H](OCc1ccccc1)[C@@H](O)COCc1ccccc1)OCc1ccccc1. The molecule has 244 valence electrons. The van der Waals surface area contributed by atoms with Crippen LogP contribution in [0.15, 0.2) is 134 Å². The third-order valence-corrected chi connectivity index (χ3v) is 9.01. The van der Waals surface area contributed by atoms with Gasteiger partial charge in [0.05, 0.1) is 51.9 Å². The lowest BCUT2D eigenvalue weighted by Gasteiger charge is -2.35. The van der Waals surface area contributed by atoms with Gasteiger partial charge in [-0.1, -0.05) is 127 Å². The van der Waals surface area contributed by atoms with Gasteiger partial charge in [0.25, 0.3) is 0 Å². The number of aliphatic hydroxyl groups excluding tert-OH is 2. The molecule has 0 saturated heterocycles. The number of benzene rings is 4. The summed E-state index contributed by atoms with van der Waals surface area (Å²) in [6, 6.07) is 37.8. The van der Waals surface area contributed by atoms with Crippen molar-refractivity contribution in [3.05, 3.63) is 156 Å². The van der Waals surface area contributed by atoms with E-state index in [9.17, 15) is 14.8 Å². The Balaban J connectivity index is 1.57. The minimum Gasteiger partial charge on any atom is -0.390 e. The molecule has 0 amide bonds. The van der Waals surface area contributed by atoms with E-state index in [0.29, 0.717) is 0 Å². The lowest BCUT2D eigenvalue weighted by Crippen LogP contribution is -2.50. The van der Waals surface area contributed by atoms with Crippen molar-refractivity contribution in [3.63, 3.8) is 0 Å². The summed E-state index contributed by atoms with van der Waals surface area (Å²) in [6.45, 7) is 4.05. The monoisotopic (exact) mass is 646 g/mol. The van der Waals surface area contributed by atoms with Crippen LogP contribution in [0.4, 0.5) is 0 Å². The quantitative estimate of drug-likeness (QED) is 0.0761. The molecule has 0 heterocycles. The molecule has 0 bridgehead atoms. The molecule has 4 aromatic rings. The summed E-state index contributed by atoms with van der Waals surface area (Å²) < 4.78 is 43.9. The fraction of sp³-hybridized carbons (Fsp3) is 0.297. The molecule has 0 saturated carbocycles. The lowest BCUT2D eigenvalue weighted by molar-refractivity contribution is -0.173. The van der Waals surface area contributed by atoms with E-state index in [4.69, 9.17) is 23.3 Å². The molecule has 2 N–H and O–H groups in total. The van der Waals surface area contributed by atoms with Crippen molar-refractivity contribution in [2.45, 2.75) is 50.8 Å². The Labute approximate surface area is 271 Å². The standard InChI is InChI=1S/C37H43O8P/c1-2-23-44-46(40,45-27-33-21-13-6-14-22-33)29-35(39)37(43-26-32-19-11-5-12-20-32)36(42-25-31-17-9-4-10-18-31)34(38)28-41-24-30-15-7-3-8-16-30/h2-22,34-39H,1,23-29H2/t34-,35-,36+,37+,46?/m0/s1. The third-order valence-electron chi connectivity index (χ3n) is 7.12. The Kier molecular flexibility index (Phi) is 14.8. The Morgan fingerprint density at radius 3 is 1.46 bits per heavy atom. The van der Waals surface area contributed by atoms with Crippen molar-refractivity contribution in [2.75, 3.05) is 19.4 Å². The topological polar surface area (TPSA) is 104 Å². The van der Waals surface area contributed by atoms with Gasteiger partial charge >= 0.3 is 7.60 Å². The van der Waals surface area contributed by atoms with Crippen molar-refractivity contribution in [3.8, 4) is 0 Å². The Morgan fingerprint density at radius 1 is 0.587 bits per heavy atom. The first kappa shape index (κ1) is 35.4. The van der Waals surface area contributed by atoms with Gasteiger partial charge < -0.3 is 33.5 Å². The number of ether oxygens (including phenoxy) is 3. The van der Waals surface area contributed by atoms with Gasteiger partial charge in [0, 0.05) is 0 Å². The van der Waals surface area contributed by atoms with E-state index in [1.807, 2.05) is 121 Å². The van der Waals surface area contributed by atoms with Crippen LogP contribution in [0.25, 0.3) is 0 Å². The van der Waals surface area contributed by atoms with Gasteiger partial charge in [0.2, 0.25) is 0 Å². The molecule has 46 heavy (non-hydrogen) atoms. The highest BCUT2D eigenvalue weighted by molar-refractivity contribution is 7.53. The van der Waals surface area contributed by atoms with E-state index in [1.165, 1.54) is 6.08 Å². The van der Waals surface area contributed by atoms with Gasteiger partial charge in [-0.15, -0.1) is 6.58 Å². The Bertz CT molecular complexity index is 1440. The molecule has 0 aromatic heterocycles. The summed E-state index contributed by atoms with van der Waals surface area (Å²) in [5.74, 6) is 0. The molecule has 9 heteroatoms. The normalized spacial score (nSPS) is 15.3. The predicted octanol–water partition coefficient (Wildman–Crippen LogP) is 6.71. The van der Waals surface area contributed by atoms with Gasteiger partial charge in [-0.05, 0) is 22.3 Å². The fourth-order valence-corrected chi connectivity index (χ4v) is 6.37. The van der Waals surface area contributed by atoms with Crippen LogP contribution in [0.3, 0.4) is 0 Å². The molecule has 4 rings (SSSR count). The van der Waals surface area contributed by atoms with Crippen molar-refractivity contribution in [1.29, 1.82) is 0 Å². The van der Waals surface area contributed by atoms with Gasteiger partial charge in [-0.3, -0.25) is 4.57 Å². The zero-order valence-corrected chi connectivity index (χ0v) is 26.8. The Morgan fingerprint density at radius 2 is 1.00 bits per heavy atom. The van der Waals surface area contributed by atoms with Crippen molar-refractivity contribution in [1.82, 2.24) is 0 Å². The summed E-state index contributed by atoms with van der Waals surface area (Å²) in [4.78, 5) is 0. The van der Waals surface area contributed by atoms with Gasteiger partial charge in [0.15, 0.2) is 0 Å². The highest BCUT2D eigenvalue weighted by atomic mass is 31.2. The number of hydrogen-bond donors (Lipinski definition) is 2. The van der Waals surface area contributed by atoms with E-state index < -0.39 is 38.2 Å². The molecule has 0 aliphatic heterocycles. The zero-order chi connectivity index (χ0) is 32.5. The smallest absolute Gasteiger partial charge is 0.334 e. The van der Waals surface area contributed by atoms with Crippen LogP contribution < -0.4 is 0 Å². The second-order valence-electron chi connectivity index (χ2n) is 10.8. The summed E-state index contributed by atoms with van der Waals surface area (Å²) >= 11 is 0. The summed E-state index contributed by atoms with van der Waals surface area (Å²) in [6.07, 6.45) is -3.78. The second kappa shape index (κ2) is 19.3. The largest absolute Gasteiger partial charge is 0.390 e. The van der Waals surface area contributed by atoms with Crippen molar-refractivity contribution < 1.29 is 38.0 Å². The molecule has 8 nitrogen and oxygen atoms in total. The zero-order valence-electron chi connectivity index (χ0n) is 25.9. The minimum atomic E-state index is -3.88. The molecule has 0 radical (unpaired) electrons. The van der Waals surface area contributed by atoms with Crippen LogP contribution in [0.2, 0.25) is 0 Å². The lowest BCUT2D eigenvalue weighted by atomic mass is 10.0. The molecule has 0 aliphatic carbocycles. The average Bonchev–Trinajstić information content (AvgIpc) is 3.09. The number of aliphatic hydroxyl groups is 2. The molecule has 0 spiro atoms. The van der Waals surface area contributed by atoms with Gasteiger partial charge in [-0.25, -0.2) is 0 Å². The highest BCUT2D eigenvalue weighted by Gasteiger charge is 2.40. The van der Waals surface area contributed by atoms with E-state index in [-0.39, 0.29) is 39.6 Å². The highest BCUT2D eigenvalue weighted by Crippen LogP contribution is 2.50. The third kappa shape index (κ3) is 12.1. The maximum Gasteiger partial charge on any atom is 0.334 e. The molecule has 1 unspecified atom stereocenters. The predicted molar refractivity (Wildman–Crippen MR) is 178 cm³/mol. The van der Waals surface area contributed by atoms with Gasteiger partial charge in [-0.2, -0.15) is 0 Å². The van der Waals surface area contributed by atoms with Crippen molar-refractivity contribution in [2.24, 2.45) is 0 Å². The molecule has 5 atom stereocenters. The fourth-order valence-electron chi connectivity index (χ4n) is 4.74. The summed E-state index contributed by atoms with van der Waals surface area (Å²) in [7, 11) is -3.88. The molecule has 0 aliphatic rings. The van der Waals surface area contributed by atoms with E-state index in [2.05, 4.69) is 6.58 Å². The first-order valence-corrected chi connectivity index (χ1v) is 17.0. The second-order valence-corrected chi connectivity index (χ2v) is 12.9. The molecule has 0 fully saturated rings. The summed E-state index contributed by atoms with van der Waals surface area (Å²) in [5.41, 5.74) is 3.46. The van der Waals surface area contributed by atoms with E-state index in [1.54, 1.807) is 0 Å². The van der Waals surface area contributed by atoms with Crippen LogP contribution in [0.5, 0.6) is 0 Å². The first-order chi connectivity index (χ1) is 22.5. The van der Waals surface area contributed by atoms with Crippen LogP contribution in [0, 0.1) is 0 Å². The molecular formula is C37H43O8P. The van der Waals surface area contributed by atoms with E-state index in [0.717, 1.165) is 22.3 Å². The number of hydrogen-bond acceptors (Lipinski definition) is 8. The summed E-state index contributed by atoms with van der Waals surface area (Å²) in [5, 5.41) is 23.2. The molecular weight excluding hydrogens is 603 g/mol. The number of rotatable bonds is 21.